The van der Waals surface area contributed by atoms with Gasteiger partial charge >= 0.3 is 0 Å². The Balaban J connectivity index is 1.92. The topological polar surface area (TPSA) is 47.6 Å². The van der Waals surface area contributed by atoms with Crippen LogP contribution in [0.2, 0.25) is 0 Å². The van der Waals surface area contributed by atoms with Gasteiger partial charge in [0.1, 0.15) is 0 Å². The van der Waals surface area contributed by atoms with Gasteiger partial charge in [-0.2, -0.15) is 0 Å². The minimum atomic E-state index is -0.0330. The maximum Gasteiger partial charge on any atom is 0.244 e. The van der Waals surface area contributed by atoms with E-state index in [1.54, 1.807) is 26.4 Å². The summed E-state index contributed by atoms with van der Waals surface area (Å²) in [7, 11) is 3.20. The lowest BCUT2D eigenvalue weighted by Crippen LogP contribution is -2.36. The zero-order valence-corrected chi connectivity index (χ0v) is 13.6. The van der Waals surface area contributed by atoms with Crippen LogP contribution in [-0.4, -0.2) is 26.2 Å². The molecule has 0 heterocycles. The van der Waals surface area contributed by atoms with Gasteiger partial charge in [-0.25, -0.2) is 0 Å². The molecule has 1 aromatic carbocycles. The predicted molar refractivity (Wildman–Crippen MR) is 88.1 cm³/mol. The lowest BCUT2D eigenvalue weighted by Gasteiger charge is -2.26. The molecule has 0 aromatic heterocycles. The van der Waals surface area contributed by atoms with Crippen molar-refractivity contribution < 1.29 is 14.3 Å². The molecular weight excluding hydrogens is 278 g/mol. The smallest absolute Gasteiger partial charge is 0.244 e. The molecular formula is C18H25NO3. The molecule has 0 spiro atoms. The van der Waals surface area contributed by atoms with E-state index in [4.69, 9.17) is 9.47 Å². The highest BCUT2D eigenvalue weighted by atomic mass is 16.5. The Morgan fingerprint density at radius 3 is 2.45 bits per heavy atom. The van der Waals surface area contributed by atoms with Gasteiger partial charge in [-0.15, -0.1) is 0 Å². The molecule has 4 nitrogen and oxygen atoms in total. The number of ether oxygens (including phenoxy) is 2. The number of rotatable bonds is 5. The molecule has 22 heavy (non-hydrogen) atoms. The fraction of sp³-hybridized carbons (Fsp3) is 0.500. The van der Waals surface area contributed by atoms with E-state index >= 15 is 0 Å². The van der Waals surface area contributed by atoms with Crippen molar-refractivity contribution in [2.75, 3.05) is 14.2 Å². The first-order valence-corrected chi connectivity index (χ1v) is 7.83. The van der Waals surface area contributed by atoms with Crippen LogP contribution in [0.3, 0.4) is 0 Å². The molecule has 0 unspecified atom stereocenters. The third kappa shape index (κ3) is 4.52. The van der Waals surface area contributed by atoms with E-state index in [0.29, 0.717) is 17.5 Å². The molecule has 4 heteroatoms. The second kappa shape index (κ2) is 7.87. The normalized spacial score (nSPS) is 21.6. The molecule has 1 aliphatic carbocycles. The summed E-state index contributed by atoms with van der Waals surface area (Å²) in [6, 6.07) is 5.90. The number of carbonyl (C=O) groups excluding carboxylic acids is 1. The molecule has 1 aromatic rings. The average molecular weight is 303 g/mol. The lowest BCUT2D eigenvalue weighted by molar-refractivity contribution is -0.117. The third-order valence-electron chi connectivity index (χ3n) is 4.20. The molecule has 0 bridgehead atoms. The summed E-state index contributed by atoms with van der Waals surface area (Å²) in [5.41, 5.74) is 0.907. The summed E-state index contributed by atoms with van der Waals surface area (Å²) in [5, 5.41) is 3.08. The van der Waals surface area contributed by atoms with Gasteiger partial charge in [0.2, 0.25) is 5.91 Å². The van der Waals surface area contributed by atoms with E-state index in [9.17, 15) is 4.79 Å². The van der Waals surface area contributed by atoms with Crippen molar-refractivity contribution >= 4 is 12.0 Å². The van der Waals surface area contributed by atoms with Crippen molar-refractivity contribution in [3.8, 4) is 11.5 Å². The van der Waals surface area contributed by atoms with E-state index in [1.165, 1.54) is 12.8 Å². The summed E-state index contributed by atoms with van der Waals surface area (Å²) >= 11 is 0. The van der Waals surface area contributed by atoms with Gasteiger partial charge in [0.05, 0.1) is 14.2 Å². The molecule has 2 rings (SSSR count). The van der Waals surface area contributed by atoms with Gasteiger partial charge in [0.15, 0.2) is 11.5 Å². The zero-order chi connectivity index (χ0) is 15.9. The van der Waals surface area contributed by atoms with E-state index in [2.05, 4.69) is 12.2 Å². The molecule has 0 radical (unpaired) electrons. The van der Waals surface area contributed by atoms with Crippen molar-refractivity contribution in [1.82, 2.24) is 5.32 Å². The Morgan fingerprint density at radius 2 is 1.82 bits per heavy atom. The third-order valence-corrected chi connectivity index (χ3v) is 4.20. The molecule has 0 atom stereocenters. The van der Waals surface area contributed by atoms with Crippen LogP contribution in [0.4, 0.5) is 0 Å². The zero-order valence-electron chi connectivity index (χ0n) is 13.6. The summed E-state index contributed by atoms with van der Waals surface area (Å²) in [5.74, 6) is 2.09. The molecule has 1 saturated carbocycles. The summed E-state index contributed by atoms with van der Waals surface area (Å²) < 4.78 is 10.5. The standard InChI is InChI=1S/C18H25NO3/c1-13-4-8-15(9-5-13)19-18(20)11-7-14-6-10-16(21-2)17(12-14)22-3/h6-7,10-13,15H,4-5,8-9H2,1-3H3,(H,19,20)/t13-,15-. The Bertz CT molecular complexity index is 531. The highest BCUT2D eigenvalue weighted by Crippen LogP contribution is 2.28. The van der Waals surface area contributed by atoms with Crippen molar-refractivity contribution in [2.45, 2.75) is 38.6 Å². The van der Waals surface area contributed by atoms with Crippen LogP contribution >= 0.6 is 0 Å². The predicted octanol–water partition coefficient (Wildman–Crippen LogP) is 3.41. The SMILES string of the molecule is COc1ccc(C=CC(=O)N[C@H]2CC[C@H](C)CC2)cc1OC. The maximum atomic E-state index is 12.0. The van der Waals surface area contributed by atoms with E-state index in [-0.39, 0.29) is 5.91 Å². The number of hydrogen-bond donors (Lipinski definition) is 1. The Kier molecular flexibility index (Phi) is 5.87. The Labute approximate surface area is 132 Å². The molecule has 1 aliphatic rings. The Morgan fingerprint density at radius 1 is 1.14 bits per heavy atom. The number of nitrogens with one attached hydrogen (secondary N) is 1. The van der Waals surface area contributed by atoms with Crippen LogP contribution in [0.15, 0.2) is 24.3 Å². The largest absolute Gasteiger partial charge is 0.493 e. The van der Waals surface area contributed by atoms with Crippen LogP contribution in [0, 0.1) is 5.92 Å². The summed E-state index contributed by atoms with van der Waals surface area (Å²) in [4.78, 5) is 12.0. The van der Waals surface area contributed by atoms with Crippen molar-refractivity contribution in [3.05, 3.63) is 29.8 Å². The number of carbonyl (C=O) groups is 1. The second-order valence-corrected chi connectivity index (χ2v) is 5.91. The first-order chi connectivity index (χ1) is 10.6. The van der Waals surface area contributed by atoms with Gasteiger partial charge in [0, 0.05) is 12.1 Å². The lowest BCUT2D eigenvalue weighted by atomic mass is 9.87. The van der Waals surface area contributed by atoms with Crippen LogP contribution in [0.5, 0.6) is 11.5 Å². The molecule has 120 valence electrons. The molecule has 1 amide bonds. The van der Waals surface area contributed by atoms with Gasteiger partial charge < -0.3 is 14.8 Å². The number of amides is 1. The van der Waals surface area contributed by atoms with Crippen molar-refractivity contribution in [1.29, 1.82) is 0 Å². The summed E-state index contributed by atoms with van der Waals surface area (Å²) in [6.07, 6.45) is 7.94. The fourth-order valence-corrected chi connectivity index (χ4v) is 2.78. The van der Waals surface area contributed by atoms with Crippen LogP contribution < -0.4 is 14.8 Å². The van der Waals surface area contributed by atoms with E-state index in [1.807, 2.05) is 18.2 Å². The minimum Gasteiger partial charge on any atom is -0.493 e. The van der Waals surface area contributed by atoms with E-state index in [0.717, 1.165) is 24.3 Å². The van der Waals surface area contributed by atoms with Crippen molar-refractivity contribution in [2.24, 2.45) is 5.92 Å². The Hall–Kier alpha value is -1.97. The molecule has 1 N–H and O–H groups in total. The monoisotopic (exact) mass is 303 g/mol. The highest BCUT2D eigenvalue weighted by Gasteiger charge is 2.18. The molecule has 0 aliphatic heterocycles. The number of hydrogen-bond acceptors (Lipinski definition) is 3. The first kappa shape index (κ1) is 16.4. The highest BCUT2D eigenvalue weighted by molar-refractivity contribution is 5.92. The van der Waals surface area contributed by atoms with Crippen molar-refractivity contribution in [3.63, 3.8) is 0 Å². The van der Waals surface area contributed by atoms with Gasteiger partial charge in [0.25, 0.3) is 0 Å². The number of methoxy groups -OCH3 is 2. The quantitative estimate of drug-likeness (QED) is 0.848. The average Bonchev–Trinajstić information content (AvgIpc) is 2.54. The fourth-order valence-electron chi connectivity index (χ4n) is 2.78. The van der Waals surface area contributed by atoms with Crippen LogP contribution in [0.1, 0.15) is 38.2 Å². The van der Waals surface area contributed by atoms with E-state index < -0.39 is 0 Å². The van der Waals surface area contributed by atoms with Crippen LogP contribution in [-0.2, 0) is 4.79 Å². The summed E-state index contributed by atoms with van der Waals surface area (Å²) in [6.45, 7) is 2.27. The first-order valence-electron chi connectivity index (χ1n) is 7.83. The number of benzene rings is 1. The second-order valence-electron chi connectivity index (χ2n) is 5.91. The van der Waals surface area contributed by atoms with Crippen LogP contribution in [0.25, 0.3) is 6.08 Å². The van der Waals surface area contributed by atoms with Gasteiger partial charge in [-0.1, -0.05) is 13.0 Å². The molecule has 0 saturated heterocycles. The molecule has 1 fully saturated rings. The minimum absolute atomic E-state index is 0.0330. The van der Waals surface area contributed by atoms with Gasteiger partial charge in [-0.3, -0.25) is 4.79 Å². The maximum absolute atomic E-state index is 12.0. The van der Waals surface area contributed by atoms with Gasteiger partial charge in [-0.05, 0) is 55.4 Å².